The number of hydrogen-bond donors (Lipinski definition) is 0. The lowest BCUT2D eigenvalue weighted by Gasteiger charge is -2.20. The van der Waals surface area contributed by atoms with Gasteiger partial charge in [0.25, 0.3) is 0 Å². The first kappa shape index (κ1) is 30.2. The van der Waals surface area contributed by atoms with Crippen LogP contribution in [0.5, 0.6) is 0 Å². The molecule has 0 N–H and O–H groups in total. The Morgan fingerprint density at radius 1 is 0.364 bits per heavy atom. The fourth-order valence-corrected chi connectivity index (χ4v) is 9.51. The number of hydrogen-bond acceptors (Lipinski definition) is 1. The van der Waals surface area contributed by atoms with E-state index in [0.29, 0.717) is 0 Å². The van der Waals surface area contributed by atoms with E-state index in [1.54, 1.807) is 0 Å². The summed E-state index contributed by atoms with van der Waals surface area (Å²) in [5, 5.41) is 8.71. The van der Waals surface area contributed by atoms with Crippen LogP contribution < -0.4 is 0 Å². The number of benzene rings is 9. The minimum absolute atomic E-state index is 1.01. The van der Waals surface area contributed by atoms with Crippen LogP contribution in [0.2, 0.25) is 0 Å². The summed E-state index contributed by atoms with van der Waals surface area (Å²) in [6.45, 7) is 0. The molecule has 0 unspecified atom stereocenters. The molecule has 0 bridgehead atoms. The molecule has 2 aromatic heterocycles. The molecule has 2 heterocycles. The predicted octanol–water partition coefficient (Wildman–Crippen LogP) is 14.3. The molecule has 1 aliphatic carbocycles. The van der Waals surface area contributed by atoms with E-state index < -0.39 is 0 Å². The van der Waals surface area contributed by atoms with Gasteiger partial charge >= 0.3 is 0 Å². The number of nitrogens with zero attached hydrogens (tertiary/aromatic N) is 2. The van der Waals surface area contributed by atoms with Crippen LogP contribution in [-0.2, 0) is 0 Å². The molecule has 2 nitrogen and oxygen atoms in total. The molecule has 254 valence electrons. The molecular formula is C53H32N2. The Morgan fingerprint density at radius 2 is 0.982 bits per heavy atom. The maximum absolute atomic E-state index is 4.92. The Balaban J connectivity index is 1.16. The number of rotatable bonds is 4. The van der Waals surface area contributed by atoms with Gasteiger partial charge in [-0.2, -0.15) is 0 Å². The van der Waals surface area contributed by atoms with Crippen LogP contribution in [0.1, 0.15) is 0 Å². The zero-order valence-corrected chi connectivity index (χ0v) is 29.9. The number of para-hydroxylation sites is 1. The van der Waals surface area contributed by atoms with Crippen molar-refractivity contribution < 1.29 is 0 Å². The van der Waals surface area contributed by atoms with Gasteiger partial charge in [0, 0.05) is 28.0 Å². The standard InChI is InChI=1S/C53H32N2/c1-4-14-33(15-5-1)47-40-21-10-11-22-41(40)48(34-16-6-2-7-17-34)51-44-29-28-38(39-23-12-24-43(49(39)44)50(47)51)36-26-30-46-45(32-36)42-27-25-35-18-13-31-54-52(35)53(42)55(46)37-19-8-3-9-20-37/h1-32H. The van der Waals surface area contributed by atoms with E-state index in [0.717, 1.165) is 22.1 Å². The largest absolute Gasteiger partial charge is 0.307 e. The quantitative estimate of drug-likeness (QED) is 0.179. The van der Waals surface area contributed by atoms with E-state index in [-0.39, 0.29) is 0 Å². The highest BCUT2D eigenvalue weighted by atomic mass is 15.0. The van der Waals surface area contributed by atoms with Crippen molar-refractivity contribution >= 4 is 54.3 Å². The Hall–Kier alpha value is -7.29. The van der Waals surface area contributed by atoms with E-state index in [1.165, 1.54) is 93.5 Å². The highest BCUT2D eigenvalue weighted by Gasteiger charge is 2.31. The van der Waals surface area contributed by atoms with Gasteiger partial charge in [-0.3, -0.25) is 4.98 Å². The zero-order chi connectivity index (χ0) is 36.0. The van der Waals surface area contributed by atoms with Crippen molar-refractivity contribution in [2.24, 2.45) is 0 Å². The molecule has 0 saturated heterocycles. The maximum atomic E-state index is 4.92. The topological polar surface area (TPSA) is 17.8 Å². The average Bonchev–Trinajstić information content (AvgIpc) is 3.77. The van der Waals surface area contributed by atoms with Gasteiger partial charge in [-0.25, -0.2) is 0 Å². The Kier molecular flexibility index (Phi) is 6.37. The van der Waals surface area contributed by atoms with Crippen LogP contribution in [0.4, 0.5) is 0 Å². The highest BCUT2D eigenvalue weighted by Crippen LogP contribution is 2.58. The van der Waals surface area contributed by atoms with Crippen LogP contribution in [0.25, 0.3) is 116 Å². The van der Waals surface area contributed by atoms with Crippen molar-refractivity contribution in [1.29, 1.82) is 0 Å². The van der Waals surface area contributed by atoms with Gasteiger partial charge in [-0.1, -0.05) is 158 Å². The molecule has 11 aromatic rings. The molecule has 1 aliphatic rings. The molecule has 55 heavy (non-hydrogen) atoms. The summed E-state index contributed by atoms with van der Waals surface area (Å²) in [6.07, 6.45) is 1.90. The number of pyridine rings is 1. The summed E-state index contributed by atoms with van der Waals surface area (Å²) < 4.78 is 2.38. The summed E-state index contributed by atoms with van der Waals surface area (Å²) in [5.74, 6) is 0. The first-order valence-corrected chi connectivity index (χ1v) is 19.0. The molecule has 0 spiro atoms. The molecule has 0 aliphatic heterocycles. The fourth-order valence-electron chi connectivity index (χ4n) is 9.51. The third-order valence-electron chi connectivity index (χ3n) is 11.7. The van der Waals surface area contributed by atoms with Crippen molar-refractivity contribution in [2.45, 2.75) is 0 Å². The molecule has 12 rings (SSSR count). The molecule has 2 heteroatoms. The minimum Gasteiger partial charge on any atom is -0.307 e. The lowest BCUT2D eigenvalue weighted by molar-refractivity contribution is 1.18. The van der Waals surface area contributed by atoms with E-state index in [9.17, 15) is 0 Å². The van der Waals surface area contributed by atoms with Gasteiger partial charge in [0.2, 0.25) is 0 Å². The molecule has 0 fully saturated rings. The van der Waals surface area contributed by atoms with Crippen LogP contribution in [0.3, 0.4) is 0 Å². The van der Waals surface area contributed by atoms with Crippen molar-refractivity contribution in [3.8, 4) is 61.3 Å². The smallest absolute Gasteiger partial charge is 0.0948 e. The molecule has 0 radical (unpaired) electrons. The van der Waals surface area contributed by atoms with Crippen molar-refractivity contribution in [1.82, 2.24) is 9.55 Å². The second-order valence-corrected chi connectivity index (χ2v) is 14.6. The molecule has 0 amide bonds. The SMILES string of the molecule is c1ccc(-c2c3c(c(-c4ccccc4)c4ccccc24)-c2ccc(-c4ccc5c(c4)c4ccc6cccnc6c4n5-c4ccccc4)c4cccc-3c24)cc1. The lowest BCUT2D eigenvalue weighted by atomic mass is 9.82. The first-order chi connectivity index (χ1) is 27.3. The van der Waals surface area contributed by atoms with E-state index in [1.807, 2.05) is 12.3 Å². The minimum atomic E-state index is 1.01. The van der Waals surface area contributed by atoms with Gasteiger partial charge < -0.3 is 4.57 Å². The molecule has 0 saturated carbocycles. The Morgan fingerprint density at radius 3 is 1.69 bits per heavy atom. The zero-order valence-electron chi connectivity index (χ0n) is 29.9. The van der Waals surface area contributed by atoms with E-state index in [4.69, 9.17) is 4.98 Å². The number of aromatic nitrogens is 2. The van der Waals surface area contributed by atoms with Gasteiger partial charge in [0.05, 0.1) is 16.6 Å². The molecule has 0 atom stereocenters. The predicted molar refractivity (Wildman–Crippen MR) is 232 cm³/mol. The Labute approximate surface area is 318 Å². The summed E-state index contributed by atoms with van der Waals surface area (Å²) in [5.41, 5.74) is 17.2. The Bertz CT molecular complexity index is 3250. The highest BCUT2D eigenvalue weighted by molar-refractivity contribution is 6.29. The summed E-state index contributed by atoms with van der Waals surface area (Å²) in [6, 6.07) is 68.9. The van der Waals surface area contributed by atoms with Crippen LogP contribution in [0, 0.1) is 0 Å². The van der Waals surface area contributed by atoms with Crippen molar-refractivity contribution in [3.05, 3.63) is 194 Å². The fraction of sp³-hybridized carbons (Fsp3) is 0. The summed E-state index contributed by atoms with van der Waals surface area (Å²) >= 11 is 0. The molecular weight excluding hydrogens is 665 g/mol. The third-order valence-corrected chi connectivity index (χ3v) is 11.7. The first-order valence-electron chi connectivity index (χ1n) is 19.0. The van der Waals surface area contributed by atoms with Crippen LogP contribution >= 0.6 is 0 Å². The van der Waals surface area contributed by atoms with Crippen molar-refractivity contribution in [3.63, 3.8) is 0 Å². The number of fused-ring (bicyclic) bond motifs is 9. The van der Waals surface area contributed by atoms with Gasteiger partial charge in [-0.15, -0.1) is 0 Å². The average molecular weight is 697 g/mol. The van der Waals surface area contributed by atoms with Crippen LogP contribution in [0.15, 0.2) is 194 Å². The second-order valence-electron chi connectivity index (χ2n) is 14.6. The third kappa shape index (κ3) is 4.28. The summed E-state index contributed by atoms with van der Waals surface area (Å²) in [4.78, 5) is 4.92. The summed E-state index contributed by atoms with van der Waals surface area (Å²) in [7, 11) is 0. The maximum Gasteiger partial charge on any atom is 0.0948 e. The van der Waals surface area contributed by atoms with Gasteiger partial charge in [0.1, 0.15) is 0 Å². The monoisotopic (exact) mass is 696 g/mol. The molecule has 9 aromatic carbocycles. The van der Waals surface area contributed by atoms with Crippen molar-refractivity contribution in [2.75, 3.05) is 0 Å². The van der Waals surface area contributed by atoms with E-state index >= 15 is 0 Å². The lowest BCUT2D eigenvalue weighted by Crippen LogP contribution is -1.94. The second kappa shape index (κ2) is 11.6. The van der Waals surface area contributed by atoms with E-state index in [2.05, 4.69) is 187 Å². The van der Waals surface area contributed by atoms with Gasteiger partial charge in [-0.05, 0) is 108 Å². The normalized spacial score (nSPS) is 12.0. The van der Waals surface area contributed by atoms with Gasteiger partial charge in [0.15, 0.2) is 0 Å². The van der Waals surface area contributed by atoms with Crippen LogP contribution in [-0.4, -0.2) is 9.55 Å².